The van der Waals surface area contributed by atoms with E-state index < -0.39 is 10.5 Å². The molecule has 1 aromatic rings. The lowest BCUT2D eigenvalue weighted by atomic mass is 10.1. The van der Waals surface area contributed by atoms with E-state index in [0.29, 0.717) is 0 Å². The van der Waals surface area contributed by atoms with Crippen molar-refractivity contribution in [1.82, 2.24) is 4.98 Å². The minimum absolute atomic E-state index is 0.0364. The van der Waals surface area contributed by atoms with Gasteiger partial charge in [0.2, 0.25) is 0 Å². The van der Waals surface area contributed by atoms with Crippen molar-refractivity contribution in [2.75, 3.05) is 0 Å². The second kappa shape index (κ2) is 6.26. The average Bonchev–Trinajstić information content (AvgIpc) is 2.08. The molecular weight excluding hydrogens is 214 g/mol. The lowest BCUT2D eigenvalue weighted by molar-refractivity contribution is 0.620. The maximum Gasteiger partial charge on any atom is 0.308 e. The molecule has 0 aliphatic rings. The number of aromatic nitrogens is 1. The van der Waals surface area contributed by atoms with Crippen molar-refractivity contribution in [1.29, 1.82) is 4.78 Å². The van der Waals surface area contributed by atoms with Gasteiger partial charge in [-0.3, -0.25) is 4.98 Å². The van der Waals surface area contributed by atoms with Crippen molar-refractivity contribution >= 4 is 10.5 Å². The van der Waals surface area contributed by atoms with Crippen LogP contribution in [0.4, 0.5) is 0 Å². The van der Waals surface area contributed by atoms with Crippen LogP contribution in [0, 0.1) is 18.6 Å². The third-order valence-electron chi connectivity index (χ3n) is 1.86. The molecule has 5 nitrogen and oxygen atoms in total. The standard InChI is InChI=1S/C9H14N2.HNO2S/c1-6-4-9(8(3)10)11-5-7(6)2;1-4(2)3/h4-5,8H,10H2,1-3H3;1H/t8-;/m1./s1. The van der Waals surface area contributed by atoms with E-state index in [2.05, 4.69) is 11.9 Å². The van der Waals surface area contributed by atoms with Crippen LogP contribution in [0.5, 0.6) is 0 Å². The summed E-state index contributed by atoms with van der Waals surface area (Å²) in [6, 6.07) is 2.08. The molecule has 1 heterocycles. The third kappa shape index (κ3) is 5.92. The van der Waals surface area contributed by atoms with Crippen LogP contribution in [0.3, 0.4) is 0 Å². The summed E-state index contributed by atoms with van der Waals surface area (Å²) in [6.07, 6.45) is 1.87. The largest absolute Gasteiger partial charge is 0.323 e. The molecule has 0 spiro atoms. The van der Waals surface area contributed by atoms with Gasteiger partial charge in [-0.05, 0) is 38.0 Å². The van der Waals surface area contributed by atoms with Crippen molar-refractivity contribution in [3.8, 4) is 0 Å². The quantitative estimate of drug-likeness (QED) is 0.759. The summed E-state index contributed by atoms with van der Waals surface area (Å²) in [7, 11) is -2.61. The predicted octanol–water partition coefficient (Wildman–Crippen LogP) is 1.35. The van der Waals surface area contributed by atoms with Gasteiger partial charge < -0.3 is 5.73 Å². The van der Waals surface area contributed by atoms with Gasteiger partial charge in [-0.25, -0.2) is 0 Å². The van der Waals surface area contributed by atoms with Crippen LogP contribution in [0.15, 0.2) is 12.3 Å². The van der Waals surface area contributed by atoms with Crippen LogP contribution in [0.2, 0.25) is 0 Å². The SMILES string of the molecule is Cc1cnc([C@@H](C)N)cc1C.N=S(=O)=O. The van der Waals surface area contributed by atoms with E-state index in [1.807, 2.05) is 26.1 Å². The van der Waals surface area contributed by atoms with Gasteiger partial charge in [-0.15, -0.1) is 0 Å². The monoisotopic (exact) mass is 229 g/mol. The zero-order valence-electron chi connectivity index (χ0n) is 8.98. The minimum atomic E-state index is -2.61. The summed E-state index contributed by atoms with van der Waals surface area (Å²) in [5.74, 6) is 0. The van der Waals surface area contributed by atoms with E-state index in [-0.39, 0.29) is 6.04 Å². The lowest BCUT2D eigenvalue weighted by Crippen LogP contribution is -2.07. The Bertz CT molecular complexity index is 419. The maximum atomic E-state index is 8.67. The minimum Gasteiger partial charge on any atom is -0.323 e. The van der Waals surface area contributed by atoms with Gasteiger partial charge in [0.05, 0.1) is 5.69 Å². The molecule has 0 saturated carbocycles. The number of hydrogen-bond acceptors (Lipinski definition) is 5. The highest BCUT2D eigenvalue weighted by atomic mass is 32.2. The first-order valence-electron chi connectivity index (χ1n) is 4.33. The van der Waals surface area contributed by atoms with Gasteiger partial charge in [0.1, 0.15) is 0 Å². The lowest BCUT2D eigenvalue weighted by Gasteiger charge is -2.06. The number of nitrogens with one attached hydrogen (secondary N) is 1. The Morgan fingerprint density at radius 1 is 1.40 bits per heavy atom. The number of pyridine rings is 1. The van der Waals surface area contributed by atoms with E-state index in [1.54, 1.807) is 0 Å². The van der Waals surface area contributed by atoms with Crippen molar-refractivity contribution in [2.24, 2.45) is 5.73 Å². The van der Waals surface area contributed by atoms with E-state index in [9.17, 15) is 0 Å². The van der Waals surface area contributed by atoms with Gasteiger partial charge in [0.15, 0.2) is 0 Å². The van der Waals surface area contributed by atoms with Crippen LogP contribution in [0.25, 0.3) is 0 Å². The van der Waals surface area contributed by atoms with E-state index in [0.717, 1.165) is 5.69 Å². The molecule has 0 aliphatic heterocycles. The Hall–Kier alpha value is -1.27. The first-order chi connectivity index (χ1) is 6.84. The first kappa shape index (κ1) is 13.7. The zero-order valence-corrected chi connectivity index (χ0v) is 9.80. The summed E-state index contributed by atoms with van der Waals surface area (Å²) < 4.78 is 22.8. The number of rotatable bonds is 1. The molecule has 0 fully saturated rings. The highest BCUT2D eigenvalue weighted by molar-refractivity contribution is 7.60. The third-order valence-corrected chi connectivity index (χ3v) is 1.86. The molecule has 0 saturated heterocycles. The molecule has 0 unspecified atom stereocenters. The second-order valence-electron chi connectivity index (χ2n) is 3.22. The highest BCUT2D eigenvalue weighted by Gasteiger charge is 2.01. The molecule has 6 heteroatoms. The van der Waals surface area contributed by atoms with Crippen molar-refractivity contribution in [3.05, 3.63) is 29.1 Å². The summed E-state index contributed by atoms with van der Waals surface area (Å²) in [5.41, 5.74) is 9.11. The van der Waals surface area contributed by atoms with Gasteiger partial charge in [-0.2, -0.15) is 13.2 Å². The molecule has 1 rings (SSSR count). The number of hydrogen-bond donors (Lipinski definition) is 2. The Labute approximate surface area is 90.8 Å². The summed E-state index contributed by atoms with van der Waals surface area (Å²) in [6.45, 7) is 6.06. The van der Waals surface area contributed by atoms with Crippen LogP contribution in [0.1, 0.15) is 29.8 Å². The van der Waals surface area contributed by atoms with Crippen molar-refractivity contribution in [3.63, 3.8) is 0 Å². The molecule has 84 valence electrons. The molecular formula is C9H15N3O2S. The van der Waals surface area contributed by atoms with Crippen molar-refractivity contribution in [2.45, 2.75) is 26.8 Å². The van der Waals surface area contributed by atoms with Gasteiger partial charge in [0, 0.05) is 12.2 Å². The molecule has 0 bridgehead atoms. The second-order valence-corrected chi connectivity index (χ2v) is 3.69. The molecule has 0 aromatic carbocycles. The Kier molecular flexibility index (Phi) is 5.73. The summed E-state index contributed by atoms with van der Waals surface area (Å²) in [5, 5.41) is 0. The van der Waals surface area contributed by atoms with Crippen LogP contribution >= 0.6 is 0 Å². The Balaban J connectivity index is 0.000000423. The van der Waals surface area contributed by atoms with E-state index in [4.69, 9.17) is 18.9 Å². The summed E-state index contributed by atoms with van der Waals surface area (Å²) >= 11 is 0. The molecule has 15 heavy (non-hydrogen) atoms. The number of nitrogens with two attached hydrogens (primary N) is 1. The molecule has 3 N–H and O–H groups in total. The van der Waals surface area contributed by atoms with Crippen LogP contribution in [-0.4, -0.2) is 13.4 Å². The molecule has 0 amide bonds. The highest BCUT2D eigenvalue weighted by Crippen LogP contribution is 2.10. The van der Waals surface area contributed by atoms with Crippen LogP contribution in [-0.2, 0) is 10.5 Å². The maximum absolute atomic E-state index is 8.67. The topological polar surface area (TPSA) is 96.9 Å². The summed E-state index contributed by atoms with van der Waals surface area (Å²) in [4.78, 5) is 4.21. The van der Waals surface area contributed by atoms with Crippen LogP contribution < -0.4 is 5.73 Å². The molecule has 0 radical (unpaired) electrons. The fourth-order valence-corrected chi connectivity index (χ4v) is 0.895. The van der Waals surface area contributed by atoms with E-state index in [1.165, 1.54) is 11.1 Å². The normalized spacial score (nSPS) is 11.2. The average molecular weight is 229 g/mol. The van der Waals surface area contributed by atoms with Gasteiger partial charge in [0.25, 0.3) is 0 Å². The Morgan fingerprint density at radius 2 is 1.87 bits per heavy atom. The Morgan fingerprint density at radius 3 is 2.20 bits per heavy atom. The molecule has 1 aromatic heterocycles. The van der Waals surface area contributed by atoms with E-state index >= 15 is 0 Å². The number of aryl methyl sites for hydroxylation is 2. The predicted molar refractivity (Wildman–Crippen MR) is 58.0 cm³/mol. The molecule has 1 atom stereocenters. The zero-order chi connectivity index (χ0) is 12.0. The number of nitrogens with zero attached hydrogens (tertiary/aromatic N) is 1. The fourth-order valence-electron chi connectivity index (χ4n) is 0.895. The van der Waals surface area contributed by atoms with Gasteiger partial charge in [-0.1, -0.05) is 0 Å². The molecule has 0 aliphatic carbocycles. The fraction of sp³-hybridized carbons (Fsp3) is 0.444. The van der Waals surface area contributed by atoms with Crippen molar-refractivity contribution < 1.29 is 8.42 Å². The smallest absolute Gasteiger partial charge is 0.308 e. The van der Waals surface area contributed by atoms with Gasteiger partial charge >= 0.3 is 10.5 Å². The first-order valence-corrected chi connectivity index (χ1v) is 5.41.